The molecule has 90 valence electrons. The van der Waals surface area contributed by atoms with Gasteiger partial charge >= 0.3 is 5.97 Å². The van der Waals surface area contributed by atoms with Gasteiger partial charge in [-0.15, -0.1) is 0 Å². The van der Waals surface area contributed by atoms with E-state index in [9.17, 15) is 4.79 Å². The van der Waals surface area contributed by atoms with Crippen LogP contribution in [0.4, 0.5) is 5.69 Å². The minimum absolute atomic E-state index is 0.259. The van der Waals surface area contributed by atoms with Crippen molar-refractivity contribution >= 4 is 11.7 Å². The number of nitrogen functional groups attached to an aromatic ring is 1. The van der Waals surface area contributed by atoms with Crippen molar-refractivity contribution in [1.82, 2.24) is 0 Å². The van der Waals surface area contributed by atoms with Gasteiger partial charge < -0.3 is 15.9 Å². The molecule has 1 unspecified atom stereocenters. The van der Waals surface area contributed by atoms with Gasteiger partial charge in [-0.2, -0.15) is 0 Å². The summed E-state index contributed by atoms with van der Waals surface area (Å²) < 4.78 is 0. The molecule has 0 aromatic heterocycles. The SMILES string of the molecule is CCC(C)CO.Nc1ccc(C(=O)O)cc1. The molecular weight excluding hydrogens is 206 g/mol. The third kappa shape index (κ3) is 6.03. The summed E-state index contributed by atoms with van der Waals surface area (Å²) >= 11 is 0. The molecule has 0 aliphatic rings. The van der Waals surface area contributed by atoms with Crippen molar-refractivity contribution in [3.05, 3.63) is 29.8 Å². The number of benzene rings is 1. The summed E-state index contributed by atoms with van der Waals surface area (Å²) in [7, 11) is 0. The van der Waals surface area contributed by atoms with E-state index in [0.29, 0.717) is 18.2 Å². The topological polar surface area (TPSA) is 83.5 Å². The molecule has 0 amide bonds. The molecule has 0 bridgehead atoms. The lowest BCUT2D eigenvalue weighted by molar-refractivity contribution is 0.0697. The highest BCUT2D eigenvalue weighted by Gasteiger charge is 1.98. The van der Waals surface area contributed by atoms with Crippen molar-refractivity contribution < 1.29 is 15.0 Å². The van der Waals surface area contributed by atoms with Crippen molar-refractivity contribution in [2.45, 2.75) is 20.3 Å². The van der Waals surface area contributed by atoms with Crippen LogP contribution in [-0.2, 0) is 0 Å². The van der Waals surface area contributed by atoms with E-state index < -0.39 is 5.97 Å². The molecule has 0 saturated heterocycles. The number of carbonyl (C=O) groups is 1. The minimum Gasteiger partial charge on any atom is -0.478 e. The summed E-state index contributed by atoms with van der Waals surface area (Å²) in [5, 5.41) is 16.8. The van der Waals surface area contributed by atoms with Crippen molar-refractivity contribution in [3.8, 4) is 0 Å². The van der Waals surface area contributed by atoms with Crippen LogP contribution in [0.5, 0.6) is 0 Å². The first-order valence-corrected chi connectivity index (χ1v) is 5.20. The summed E-state index contributed by atoms with van der Waals surface area (Å²) in [6.45, 7) is 4.43. The van der Waals surface area contributed by atoms with Gasteiger partial charge in [-0.25, -0.2) is 4.79 Å². The Hall–Kier alpha value is -1.55. The van der Waals surface area contributed by atoms with E-state index in [1.165, 1.54) is 12.1 Å². The molecule has 0 spiro atoms. The van der Waals surface area contributed by atoms with Crippen LogP contribution in [0.25, 0.3) is 0 Å². The number of aliphatic hydroxyl groups excluding tert-OH is 1. The number of carboxylic acid groups (broad SMARTS) is 1. The maximum Gasteiger partial charge on any atom is 0.335 e. The second-order valence-corrected chi connectivity index (χ2v) is 3.62. The number of nitrogens with two attached hydrogens (primary N) is 1. The third-order valence-electron chi connectivity index (χ3n) is 2.17. The number of carboxylic acids is 1. The number of hydrogen-bond acceptors (Lipinski definition) is 3. The fourth-order valence-corrected chi connectivity index (χ4v) is 0.755. The normalized spacial score (nSPS) is 11.2. The molecule has 0 fully saturated rings. The summed E-state index contributed by atoms with van der Waals surface area (Å²) in [6, 6.07) is 6.06. The van der Waals surface area contributed by atoms with Gasteiger partial charge in [-0.3, -0.25) is 0 Å². The van der Waals surface area contributed by atoms with Gasteiger partial charge in [-0.05, 0) is 30.2 Å². The van der Waals surface area contributed by atoms with Crippen LogP contribution in [0, 0.1) is 5.92 Å². The first-order chi connectivity index (χ1) is 7.51. The molecule has 4 nitrogen and oxygen atoms in total. The van der Waals surface area contributed by atoms with Gasteiger partial charge in [0.25, 0.3) is 0 Å². The number of aliphatic hydroxyl groups is 1. The fraction of sp³-hybridized carbons (Fsp3) is 0.417. The predicted octanol–water partition coefficient (Wildman–Crippen LogP) is 1.99. The summed E-state index contributed by atoms with van der Waals surface area (Å²) in [5.41, 5.74) is 6.17. The summed E-state index contributed by atoms with van der Waals surface area (Å²) in [5.74, 6) is -0.440. The zero-order valence-corrected chi connectivity index (χ0v) is 9.68. The number of anilines is 1. The van der Waals surface area contributed by atoms with Gasteiger partial charge in [0.15, 0.2) is 0 Å². The van der Waals surface area contributed by atoms with E-state index in [-0.39, 0.29) is 5.56 Å². The maximum absolute atomic E-state index is 10.3. The molecule has 1 aromatic rings. The van der Waals surface area contributed by atoms with E-state index in [0.717, 1.165) is 6.42 Å². The highest BCUT2D eigenvalue weighted by molar-refractivity contribution is 5.87. The molecule has 1 atom stereocenters. The van der Waals surface area contributed by atoms with E-state index in [2.05, 4.69) is 6.92 Å². The summed E-state index contributed by atoms with van der Waals surface area (Å²) in [4.78, 5) is 10.3. The fourth-order valence-electron chi connectivity index (χ4n) is 0.755. The van der Waals surface area contributed by atoms with Crippen LogP contribution in [0.2, 0.25) is 0 Å². The van der Waals surface area contributed by atoms with Gasteiger partial charge in [0.1, 0.15) is 0 Å². The quantitative estimate of drug-likeness (QED) is 0.687. The molecule has 16 heavy (non-hydrogen) atoms. The molecule has 4 heteroatoms. The van der Waals surface area contributed by atoms with Crippen LogP contribution in [0.3, 0.4) is 0 Å². The molecule has 4 N–H and O–H groups in total. The zero-order chi connectivity index (χ0) is 12.6. The third-order valence-corrected chi connectivity index (χ3v) is 2.17. The van der Waals surface area contributed by atoms with Crippen LogP contribution >= 0.6 is 0 Å². The van der Waals surface area contributed by atoms with Gasteiger partial charge in [0.2, 0.25) is 0 Å². The second kappa shape index (κ2) is 7.70. The van der Waals surface area contributed by atoms with Crippen molar-refractivity contribution in [1.29, 1.82) is 0 Å². The Labute approximate surface area is 95.7 Å². The Bertz CT molecular complexity index is 305. The Balaban J connectivity index is 0.000000325. The van der Waals surface area contributed by atoms with Crippen LogP contribution in [-0.4, -0.2) is 22.8 Å². The molecule has 1 aromatic carbocycles. The summed E-state index contributed by atoms with van der Waals surface area (Å²) in [6.07, 6.45) is 1.08. The minimum atomic E-state index is -0.931. The first kappa shape index (κ1) is 14.5. The molecule has 0 aliphatic carbocycles. The monoisotopic (exact) mass is 225 g/mol. The van der Waals surface area contributed by atoms with Crippen molar-refractivity contribution in [3.63, 3.8) is 0 Å². The number of aromatic carboxylic acids is 1. The van der Waals surface area contributed by atoms with Crippen molar-refractivity contribution in [2.75, 3.05) is 12.3 Å². The number of hydrogen-bond donors (Lipinski definition) is 3. The smallest absolute Gasteiger partial charge is 0.335 e. The Morgan fingerprint density at radius 1 is 1.38 bits per heavy atom. The molecular formula is C12H19NO3. The Morgan fingerprint density at radius 2 is 1.88 bits per heavy atom. The highest BCUT2D eigenvalue weighted by atomic mass is 16.4. The molecule has 0 saturated carbocycles. The van der Waals surface area contributed by atoms with Gasteiger partial charge in [-0.1, -0.05) is 20.3 Å². The Morgan fingerprint density at radius 3 is 2.12 bits per heavy atom. The van der Waals surface area contributed by atoms with Crippen LogP contribution in [0.1, 0.15) is 30.6 Å². The zero-order valence-electron chi connectivity index (χ0n) is 9.68. The average molecular weight is 225 g/mol. The second-order valence-electron chi connectivity index (χ2n) is 3.62. The lowest BCUT2D eigenvalue weighted by atomic mass is 10.1. The number of rotatable bonds is 3. The van der Waals surface area contributed by atoms with Gasteiger partial charge in [0, 0.05) is 12.3 Å². The standard InChI is InChI=1S/C7H7NO2.C5H12O/c8-6-3-1-5(2-4-6)7(9)10;1-3-5(2)4-6/h1-4H,8H2,(H,9,10);5-6H,3-4H2,1-2H3. The molecule has 1 rings (SSSR count). The average Bonchev–Trinajstić information content (AvgIpc) is 2.29. The van der Waals surface area contributed by atoms with E-state index in [1.54, 1.807) is 12.1 Å². The molecule has 0 radical (unpaired) electrons. The maximum atomic E-state index is 10.3. The van der Waals surface area contributed by atoms with Crippen LogP contribution < -0.4 is 5.73 Å². The largest absolute Gasteiger partial charge is 0.478 e. The van der Waals surface area contributed by atoms with Crippen LogP contribution in [0.15, 0.2) is 24.3 Å². The van der Waals surface area contributed by atoms with Crippen molar-refractivity contribution in [2.24, 2.45) is 5.92 Å². The molecule has 0 heterocycles. The lowest BCUT2D eigenvalue weighted by Crippen LogP contribution is -1.96. The van der Waals surface area contributed by atoms with E-state index >= 15 is 0 Å². The van der Waals surface area contributed by atoms with E-state index in [4.69, 9.17) is 15.9 Å². The van der Waals surface area contributed by atoms with E-state index in [1.807, 2.05) is 6.92 Å². The molecule has 0 aliphatic heterocycles. The highest BCUT2D eigenvalue weighted by Crippen LogP contribution is 2.04. The Kier molecular flexibility index (Phi) is 6.96. The first-order valence-electron chi connectivity index (χ1n) is 5.20. The lowest BCUT2D eigenvalue weighted by Gasteiger charge is -1.98. The van der Waals surface area contributed by atoms with Gasteiger partial charge in [0.05, 0.1) is 5.56 Å². The predicted molar refractivity (Wildman–Crippen MR) is 64.4 cm³/mol.